The monoisotopic (exact) mass is 255 g/mol. The van der Waals surface area contributed by atoms with Crippen molar-refractivity contribution in [1.29, 1.82) is 0 Å². The first-order chi connectivity index (χ1) is 8.45. The average Bonchev–Trinajstić information content (AvgIpc) is 2.36. The Morgan fingerprint density at radius 3 is 2.39 bits per heavy atom. The van der Waals surface area contributed by atoms with E-state index < -0.39 is 0 Å². The molecule has 0 bridgehead atoms. The minimum Gasteiger partial charge on any atom is -0.341 e. The van der Waals surface area contributed by atoms with Gasteiger partial charge in [0, 0.05) is 26.2 Å². The van der Waals surface area contributed by atoms with Gasteiger partial charge >= 0.3 is 0 Å². The van der Waals surface area contributed by atoms with Gasteiger partial charge < -0.3 is 15.5 Å². The highest BCUT2D eigenvalue weighted by molar-refractivity contribution is 5.81. The van der Waals surface area contributed by atoms with E-state index in [9.17, 15) is 4.79 Å². The van der Waals surface area contributed by atoms with Crippen LogP contribution in [0.1, 0.15) is 40.0 Å². The van der Waals surface area contributed by atoms with Gasteiger partial charge in [-0.15, -0.1) is 0 Å². The summed E-state index contributed by atoms with van der Waals surface area (Å²) in [5.41, 5.74) is 5.98. The van der Waals surface area contributed by atoms with Crippen LogP contribution in [0.25, 0.3) is 0 Å². The predicted molar refractivity (Wildman–Crippen MR) is 75.3 cm³/mol. The molecule has 4 heteroatoms. The van der Waals surface area contributed by atoms with Crippen LogP contribution < -0.4 is 5.73 Å². The van der Waals surface area contributed by atoms with Crippen molar-refractivity contribution in [1.82, 2.24) is 9.80 Å². The Labute approximate surface area is 111 Å². The van der Waals surface area contributed by atoms with E-state index >= 15 is 0 Å². The SMILES string of the molecule is CCN1CCC(N(C)C(=O)C(N)CC(C)C)CC1. The van der Waals surface area contributed by atoms with Gasteiger partial charge in [-0.3, -0.25) is 4.79 Å². The number of likely N-dealkylation sites (tertiary alicyclic amines) is 1. The van der Waals surface area contributed by atoms with Gasteiger partial charge in [0.1, 0.15) is 0 Å². The van der Waals surface area contributed by atoms with Crippen molar-refractivity contribution in [2.45, 2.75) is 52.1 Å². The van der Waals surface area contributed by atoms with E-state index in [0.29, 0.717) is 12.0 Å². The van der Waals surface area contributed by atoms with Crippen LogP contribution >= 0.6 is 0 Å². The third-order valence-corrected chi connectivity index (χ3v) is 3.94. The highest BCUT2D eigenvalue weighted by atomic mass is 16.2. The molecule has 1 aliphatic heterocycles. The second-order valence-electron chi connectivity index (χ2n) is 5.85. The zero-order valence-electron chi connectivity index (χ0n) is 12.4. The van der Waals surface area contributed by atoms with E-state index in [-0.39, 0.29) is 11.9 Å². The quantitative estimate of drug-likeness (QED) is 0.805. The maximum Gasteiger partial charge on any atom is 0.239 e. The Bertz CT molecular complexity index is 260. The summed E-state index contributed by atoms with van der Waals surface area (Å²) < 4.78 is 0. The summed E-state index contributed by atoms with van der Waals surface area (Å²) in [5, 5.41) is 0. The maximum atomic E-state index is 12.2. The number of carbonyl (C=O) groups is 1. The Hall–Kier alpha value is -0.610. The summed E-state index contributed by atoms with van der Waals surface area (Å²) in [7, 11) is 1.91. The molecule has 1 atom stereocenters. The third-order valence-electron chi connectivity index (χ3n) is 3.94. The van der Waals surface area contributed by atoms with Crippen molar-refractivity contribution >= 4 is 5.91 Å². The van der Waals surface area contributed by atoms with Gasteiger partial charge in [0.05, 0.1) is 6.04 Å². The van der Waals surface area contributed by atoms with E-state index in [1.54, 1.807) is 0 Å². The van der Waals surface area contributed by atoms with E-state index in [1.807, 2.05) is 11.9 Å². The zero-order valence-corrected chi connectivity index (χ0v) is 12.4. The summed E-state index contributed by atoms with van der Waals surface area (Å²) in [6.45, 7) is 9.70. The van der Waals surface area contributed by atoms with Crippen LogP contribution in [0, 0.1) is 5.92 Å². The molecule has 1 rings (SSSR count). The molecule has 0 aromatic heterocycles. The molecule has 0 aromatic rings. The number of carbonyl (C=O) groups excluding carboxylic acids is 1. The van der Waals surface area contributed by atoms with Crippen LogP contribution in [0.4, 0.5) is 0 Å². The highest BCUT2D eigenvalue weighted by Crippen LogP contribution is 2.16. The van der Waals surface area contributed by atoms with Gasteiger partial charge in [0.2, 0.25) is 5.91 Å². The Morgan fingerprint density at radius 2 is 1.94 bits per heavy atom. The predicted octanol–water partition coefficient (Wildman–Crippen LogP) is 1.30. The summed E-state index contributed by atoms with van der Waals surface area (Å²) >= 11 is 0. The second kappa shape index (κ2) is 7.10. The number of hydrogen-bond acceptors (Lipinski definition) is 3. The topological polar surface area (TPSA) is 49.6 Å². The minimum atomic E-state index is -0.334. The number of rotatable bonds is 5. The van der Waals surface area contributed by atoms with E-state index in [0.717, 1.165) is 38.9 Å². The normalized spacial score (nSPS) is 20.1. The number of nitrogens with zero attached hydrogens (tertiary/aromatic N) is 2. The number of likely N-dealkylation sites (N-methyl/N-ethyl adjacent to an activating group) is 1. The van der Waals surface area contributed by atoms with Crippen LogP contribution in [0.2, 0.25) is 0 Å². The van der Waals surface area contributed by atoms with Crippen molar-refractivity contribution < 1.29 is 4.79 Å². The van der Waals surface area contributed by atoms with Gasteiger partial charge in [-0.1, -0.05) is 20.8 Å². The molecule has 2 N–H and O–H groups in total. The Kier molecular flexibility index (Phi) is 6.09. The summed E-state index contributed by atoms with van der Waals surface area (Å²) in [6, 6.07) is 0.0396. The summed E-state index contributed by atoms with van der Waals surface area (Å²) in [4.78, 5) is 16.5. The van der Waals surface area contributed by atoms with Crippen molar-refractivity contribution in [3.05, 3.63) is 0 Å². The minimum absolute atomic E-state index is 0.110. The molecule has 1 heterocycles. The molecule has 106 valence electrons. The summed E-state index contributed by atoms with van der Waals surface area (Å²) in [5.74, 6) is 0.581. The molecule has 0 aromatic carbocycles. The van der Waals surface area contributed by atoms with Crippen LogP contribution in [-0.4, -0.2) is 54.5 Å². The molecule has 0 radical (unpaired) electrons. The molecule has 0 aliphatic carbocycles. The zero-order chi connectivity index (χ0) is 13.7. The lowest BCUT2D eigenvalue weighted by Crippen LogP contribution is -2.50. The Morgan fingerprint density at radius 1 is 1.39 bits per heavy atom. The van der Waals surface area contributed by atoms with E-state index in [1.165, 1.54) is 0 Å². The van der Waals surface area contributed by atoms with Crippen LogP contribution in [-0.2, 0) is 4.79 Å². The lowest BCUT2D eigenvalue weighted by Gasteiger charge is -2.37. The van der Waals surface area contributed by atoms with Crippen molar-refractivity contribution in [2.75, 3.05) is 26.7 Å². The lowest BCUT2D eigenvalue weighted by molar-refractivity contribution is -0.134. The Balaban J connectivity index is 2.44. The van der Waals surface area contributed by atoms with Crippen LogP contribution in [0.5, 0.6) is 0 Å². The molecule has 1 aliphatic rings. The van der Waals surface area contributed by atoms with E-state index in [2.05, 4.69) is 25.7 Å². The third kappa shape index (κ3) is 4.25. The molecule has 0 spiro atoms. The van der Waals surface area contributed by atoms with Gasteiger partial charge in [-0.25, -0.2) is 0 Å². The molecule has 1 amide bonds. The van der Waals surface area contributed by atoms with Gasteiger partial charge in [-0.05, 0) is 31.7 Å². The molecule has 4 nitrogen and oxygen atoms in total. The lowest BCUT2D eigenvalue weighted by atomic mass is 10.00. The largest absolute Gasteiger partial charge is 0.341 e. The first-order valence-electron chi connectivity index (χ1n) is 7.20. The molecular weight excluding hydrogens is 226 g/mol. The fourth-order valence-electron chi connectivity index (χ4n) is 2.67. The number of hydrogen-bond donors (Lipinski definition) is 1. The number of piperidine rings is 1. The smallest absolute Gasteiger partial charge is 0.239 e. The second-order valence-corrected chi connectivity index (χ2v) is 5.85. The molecule has 1 unspecified atom stereocenters. The number of amides is 1. The summed E-state index contributed by atoms with van der Waals surface area (Å²) in [6.07, 6.45) is 2.92. The van der Waals surface area contributed by atoms with Gasteiger partial charge in [-0.2, -0.15) is 0 Å². The highest BCUT2D eigenvalue weighted by Gasteiger charge is 2.27. The first-order valence-corrected chi connectivity index (χ1v) is 7.20. The van der Waals surface area contributed by atoms with Crippen LogP contribution in [0.15, 0.2) is 0 Å². The molecular formula is C14H29N3O. The molecule has 18 heavy (non-hydrogen) atoms. The molecule has 0 saturated carbocycles. The van der Waals surface area contributed by atoms with Crippen LogP contribution in [0.3, 0.4) is 0 Å². The van der Waals surface area contributed by atoms with Crippen molar-refractivity contribution in [2.24, 2.45) is 11.7 Å². The van der Waals surface area contributed by atoms with Crippen molar-refractivity contribution in [3.63, 3.8) is 0 Å². The van der Waals surface area contributed by atoms with E-state index in [4.69, 9.17) is 5.73 Å². The molecule has 1 fully saturated rings. The standard InChI is InChI=1S/C14H29N3O/c1-5-17-8-6-12(7-9-17)16(4)14(18)13(15)10-11(2)3/h11-13H,5-10,15H2,1-4H3. The fraction of sp³-hybridized carbons (Fsp3) is 0.929. The van der Waals surface area contributed by atoms with Crippen molar-refractivity contribution in [3.8, 4) is 0 Å². The van der Waals surface area contributed by atoms with Gasteiger partial charge in [0.25, 0.3) is 0 Å². The average molecular weight is 255 g/mol. The first kappa shape index (κ1) is 15.4. The fourth-order valence-corrected chi connectivity index (χ4v) is 2.67. The van der Waals surface area contributed by atoms with Gasteiger partial charge in [0.15, 0.2) is 0 Å². The maximum absolute atomic E-state index is 12.2. The molecule has 1 saturated heterocycles. The number of nitrogens with two attached hydrogens (primary N) is 1.